The van der Waals surface area contributed by atoms with Gasteiger partial charge in [0, 0.05) is 0 Å². The Labute approximate surface area is 236 Å². The largest absolute Gasteiger partial charge is 0.388 e. The Morgan fingerprint density at radius 1 is 0.756 bits per heavy atom. The molecule has 226 valence electrons. The molecule has 4 saturated heterocycles. The third-order valence-corrected chi connectivity index (χ3v) is 7.97. The second-order valence-corrected chi connectivity index (χ2v) is 11.9. The number of nitrogens with zero attached hydrogens (tertiary/aromatic N) is 2. The van der Waals surface area contributed by atoms with Crippen LogP contribution in [0.25, 0.3) is 0 Å². The molecule has 1 aromatic rings. The number of amides is 2. The fraction of sp³-hybridized carbons (Fsp3) is 0.704. The number of fused-ring (bicyclic) bond motifs is 3. The van der Waals surface area contributed by atoms with Crippen molar-refractivity contribution in [3.05, 3.63) is 24.3 Å². The molecule has 5 aliphatic heterocycles. The van der Waals surface area contributed by atoms with Gasteiger partial charge < -0.3 is 58.6 Å². The van der Waals surface area contributed by atoms with E-state index in [0.29, 0.717) is 11.4 Å². The van der Waals surface area contributed by atoms with Crippen molar-refractivity contribution in [2.45, 2.75) is 107 Å². The highest BCUT2D eigenvalue weighted by Crippen LogP contribution is 2.41. The van der Waals surface area contributed by atoms with E-state index in [0.717, 1.165) is 0 Å². The Hall–Kier alpha value is -2.24. The summed E-state index contributed by atoms with van der Waals surface area (Å²) in [6.07, 6.45) is -11.2. The van der Waals surface area contributed by atoms with Crippen molar-refractivity contribution in [3.63, 3.8) is 0 Å². The van der Waals surface area contributed by atoms with E-state index in [-0.39, 0.29) is 13.1 Å². The molecule has 5 aliphatic rings. The van der Waals surface area contributed by atoms with E-state index in [1.54, 1.807) is 52.0 Å². The van der Waals surface area contributed by atoms with Crippen molar-refractivity contribution in [1.82, 2.24) is 0 Å². The standard InChI is InChI=1S/C27H36N2O12/c1-26(2)38-22-18(34)20(36-24(22)40-26)14(30)10-28-12-7-5-6-8-13(12)29(17(33)9-16(28)32)11-15(31)21-19(35)23-25(37-21)41-27(3,4)39-23/h5-8,14-15,18-25,30-31,34-35H,9-11H2,1-4H3/t14?,15?,18-,19-,20+,21+,22+,23+,24+,25+/m0/s1. The van der Waals surface area contributed by atoms with E-state index < -0.39 is 91.2 Å². The van der Waals surface area contributed by atoms with E-state index in [9.17, 15) is 30.0 Å². The first-order valence-electron chi connectivity index (χ1n) is 13.7. The van der Waals surface area contributed by atoms with Crippen LogP contribution in [0.3, 0.4) is 0 Å². The maximum Gasteiger partial charge on any atom is 0.236 e. The number of carbonyl (C=O) groups excluding carboxylic acids is 2. The quantitative estimate of drug-likeness (QED) is 0.301. The topological polar surface area (TPSA) is 177 Å². The van der Waals surface area contributed by atoms with E-state index in [2.05, 4.69) is 0 Å². The molecule has 6 rings (SSSR count). The van der Waals surface area contributed by atoms with Gasteiger partial charge >= 0.3 is 0 Å². The SMILES string of the molecule is CC1(C)O[C@H]2O[C@H](C(O)CN3C(=O)CC(=O)N(CC(O)[C@H]4O[C@@H]5OC(C)(C)O[C@@H]5[C@H]4O)c4ccccc43)[C@H](O)[C@H]2O1. The van der Waals surface area contributed by atoms with Crippen molar-refractivity contribution in [2.24, 2.45) is 0 Å². The average molecular weight is 581 g/mol. The summed E-state index contributed by atoms with van der Waals surface area (Å²) >= 11 is 0. The normalized spacial score (nSPS) is 38.9. The lowest BCUT2D eigenvalue weighted by molar-refractivity contribution is -0.225. The number of anilines is 2. The van der Waals surface area contributed by atoms with E-state index in [4.69, 9.17) is 28.4 Å². The number of rotatable bonds is 6. The zero-order valence-corrected chi connectivity index (χ0v) is 23.2. The minimum absolute atomic E-state index is 0.289. The molecule has 2 unspecified atom stereocenters. The van der Waals surface area contributed by atoms with Crippen LogP contribution in [0.15, 0.2) is 24.3 Å². The van der Waals surface area contributed by atoms with Crippen molar-refractivity contribution in [1.29, 1.82) is 0 Å². The van der Waals surface area contributed by atoms with Gasteiger partial charge in [0.2, 0.25) is 11.8 Å². The smallest absolute Gasteiger partial charge is 0.236 e. The lowest BCUT2D eigenvalue weighted by Crippen LogP contribution is -2.48. The Bertz CT molecular complexity index is 1110. The molecule has 14 heteroatoms. The summed E-state index contributed by atoms with van der Waals surface area (Å²) in [5, 5.41) is 43.7. The number of carbonyl (C=O) groups is 2. The highest BCUT2D eigenvalue weighted by atomic mass is 16.8. The molecule has 0 radical (unpaired) electrons. The van der Waals surface area contributed by atoms with Gasteiger partial charge in [-0.1, -0.05) is 12.1 Å². The Balaban J connectivity index is 1.18. The predicted octanol–water partition coefficient (Wildman–Crippen LogP) is -1.05. The van der Waals surface area contributed by atoms with Crippen LogP contribution < -0.4 is 9.80 Å². The van der Waals surface area contributed by atoms with Crippen LogP contribution in [-0.4, -0.2) is 118 Å². The van der Waals surface area contributed by atoms with Crippen LogP contribution >= 0.6 is 0 Å². The number of β-amino-alcohol motifs (C(OH)–C–C–N with tert-alkyl or cyclic N) is 2. The summed E-state index contributed by atoms with van der Waals surface area (Å²) in [5.41, 5.74) is 0.628. The van der Waals surface area contributed by atoms with Crippen LogP contribution in [-0.2, 0) is 38.0 Å². The predicted molar refractivity (Wildman–Crippen MR) is 137 cm³/mol. The first-order valence-corrected chi connectivity index (χ1v) is 13.7. The van der Waals surface area contributed by atoms with Gasteiger partial charge in [0.05, 0.1) is 24.5 Å². The molecule has 4 N–H and O–H groups in total. The van der Waals surface area contributed by atoms with Crippen molar-refractivity contribution >= 4 is 23.2 Å². The first kappa shape index (κ1) is 28.9. The monoisotopic (exact) mass is 580 g/mol. The van der Waals surface area contributed by atoms with Gasteiger partial charge in [-0.15, -0.1) is 0 Å². The summed E-state index contributed by atoms with van der Waals surface area (Å²) in [7, 11) is 0. The zero-order valence-electron chi connectivity index (χ0n) is 23.2. The second kappa shape index (κ2) is 10.2. The zero-order chi connectivity index (χ0) is 29.4. The van der Waals surface area contributed by atoms with E-state index in [1.807, 2.05) is 0 Å². The molecule has 0 aromatic heterocycles. The van der Waals surface area contributed by atoms with Crippen LogP contribution in [0.2, 0.25) is 0 Å². The maximum absolute atomic E-state index is 13.3. The molecule has 0 bridgehead atoms. The minimum atomic E-state index is -1.35. The van der Waals surface area contributed by atoms with Crippen LogP contribution in [0.5, 0.6) is 0 Å². The molecule has 0 spiro atoms. The van der Waals surface area contributed by atoms with Crippen molar-refractivity contribution in [2.75, 3.05) is 22.9 Å². The summed E-state index contributed by atoms with van der Waals surface area (Å²) in [6, 6.07) is 6.57. The number of para-hydroxylation sites is 2. The summed E-state index contributed by atoms with van der Waals surface area (Å²) in [6.45, 7) is 6.17. The molecule has 0 aliphatic carbocycles. The van der Waals surface area contributed by atoms with Crippen molar-refractivity contribution in [3.8, 4) is 0 Å². The maximum atomic E-state index is 13.3. The van der Waals surface area contributed by atoms with Gasteiger partial charge in [-0.25, -0.2) is 0 Å². The molecule has 10 atom stereocenters. The molecular weight excluding hydrogens is 544 g/mol. The number of benzene rings is 1. The second-order valence-electron chi connectivity index (χ2n) is 11.9. The molecular formula is C27H36N2O12. The highest BCUT2D eigenvalue weighted by molar-refractivity contribution is 6.15. The van der Waals surface area contributed by atoms with Crippen LogP contribution in [0, 0.1) is 0 Å². The molecule has 2 amide bonds. The Morgan fingerprint density at radius 2 is 1.15 bits per heavy atom. The number of ether oxygens (including phenoxy) is 6. The Morgan fingerprint density at radius 3 is 1.51 bits per heavy atom. The fourth-order valence-corrected chi connectivity index (χ4v) is 6.16. The number of hydrogen-bond donors (Lipinski definition) is 4. The van der Waals surface area contributed by atoms with Crippen molar-refractivity contribution < 1.29 is 58.4 Å². The first-order chi connectivity index (χ1) is 19.2. The lowest BCUT2D eigenvalue weighted by Gasteiger charge is -2.32. The minimum Gasteiger partial charge on any atom is -0.388 e. The van der Waals surface area contributed by atoms with Crippen LogP contribution in [0.1, 0.15) is 34.1 Å². The third kappa shape index (κ3) is 5.16. The lowest BCUT2D eigenvalue weighted by atomic mass is 10.0. The van der Waals surface area contributed by atoms with Gasteiger partial charge in [-0.3, -0.25) is 9.59 Å². The summed E-state index contributed by atoms with van der Waals surface area (Å²) in [4.78, 5) is 29.1. The number of hydrogen-bond acceptors (Lipinski definition) is 12. The van der Waals surface area contributed by atoms with Gasteiger partial charge in [0.25, 0.3) is 0 Å². The summed E-state index contributed by atoms with van der Waals surface area (Å²) in [5.74, 6) is -3.07. The van der Waals surface area contributed by atoms with Gasteiger partial charge in [0.15, 0.2) is 24.2 Å². The number of aliphatic hydroxyl groups excluding tert-OH is 4. The molecule has 14 nitrogen and oxygen atoms in total. The Kier molecular flexibility index (Phi) is 7.17. The van der Waals surface area contributed by atoms with E-state index >= 15 is 0 Å². The van der Waals surface area contributed by atoms with Gasteiger partial charge in [-0.2, -0.15) is 0 Å². The van der Waals surface area contributed by atoms with E-state index in [1.165, 1.54) is 9.80 Å². The molecule has 41 heavy (non-hydrogen) atoms. The molecule has 4 fully saturated rings. The highest BCUT2D eigenvalue weighted by Gasteiger charge is 2.57. The molecule has 5 heterocycles. The summed E-state index contributed by atoms with van der Waals surface area (Å²) < 4.78 is 34.2. The van der Waals surface area contributed by atoms with Gasteiger partial charge in [-0.05, 0) is 39.8 Å². The van der Waals surface area contributed by atoms with Crippen LogP contribution in [0.4, 0.5) is 11.4 Å². The number of aliphatic hydroxyl groups is 4. The third-order valence-electron chi connectivity index (χ3n) is 7.97. The fourth-order valence-electron chi connectivity index (χ4n) is 6.16. The molecule has 0 saturated carbocycles. The average Bonchev–Trinajstić information content (AvgIpc) is 3.55. The molecule has 1 aromatic carbocycles. The van der Waals surface area contributed by atoms with Gasteiger partial charge in [0.1, 0.15) is 55.3 Å².